The van der Waals surface area contributed by atoms with Crippen LogP contribution in [0.15, 0.2) is 24.3 Å². The number of amides is 4. The van der Waals surface area contributed by atoms with E-state index < -0.39 is 0 Å². The van der Waals surface area contributed by atoms with Crippen LogP contribution in [0, 0.1) is 11.7 Å². The van der Waals surface area contributed by atoms with E-state index >= 15 is 0 Å². The third-order valence-corrected chi connectivity index (χ3v) is 4.14. The number of hydrogen-bond donors (Lipinski definition) is 3. The van der Waals surface area contributed by atoms with Gasteiger partial charge in [0.1, 0.15) is 5.82 Å². The Morgan fingerprint density at radius 2 is 1.88 bits per heavy atom. The number of halogens is 1. The maximum absolute atomic E-state index is 12.9. The van der Waals surface area contributed by atoms with E-state index in [2.05, 4.69) is 16.0 Å². The Morgan fingerprint density at radius 1 is 1.20 bits per heavy atom. The van der Waals surface area contributed by atoms with E-state index in [0.29, 0.717) is 44.4 Å². The van der Waals surface area contributed by atoms with Gasteiger partial charge >= 0.3 is 12.1 Å². The van der Waals surface area contributed by atoms with Crippen LogP contribution in [0.25, 0.3) is 0 Å². The lowest BCUT2D eigenvalue weighted by atomic mass is 9.97. The maximum atomic E-state index is 12.9. The van der Waals surface area contributed by atoms with E-state index in [0.717, 1.165) is 12.8 Å². The Morgan fingerprint density at radius 3 is 2.52 bits per heavy atom. The molecule has 7 nitrogen and oxygen atoms in total. The van der Waals surface area contributed by atoms with Gasteiger partial charge in [0.15, 0.2) is 0 Å². The van der Waals surface area contributed by atoms with Crippen molar-refractivity contribution < 1.29 is 18.7 Å². The highest BCUT2D eigenvalue weighted by atomic mass is 19.1. The number of nitrogens with one attached hydrogen (secondary N) is 3. The predicted molar refractivity (Wildman–Crippen MR) is 93.0 cm³/mol. The number of piperidine rings is 1. The van der Waals surface area contributed by atoms with Gasteiger partial charge in [-0.05, 0) is 43.0 Å². The number of hydrogen-bond acceptors (Lipinski definition) is 3. The molecule has 25 heavy (non-hydrogen) atoms. The first kappa shape index (κ1) is 19.0. The van der Waals surface area contributed by atoms with Crippen molar-refractivity contribution in [2.24, 2.45) is 5.92 Å². The molecule has 0 saturated carbocycles. The van der Waals surface area contributed by atoms with Crippen LogP contribution in [0.3, 0.4) is 0 Å². The largest absolute Gasteiger partial charge is 0.383 e. The van der Waals surface area contributed by atoms with Crippen LogP contribution in [0.1, 0.15) is 12.8 Å². The number of nitrogens with zero attached hydrogens (tertiary/aromatic N) is 1. The van der Waals surface area contributed by atoms with Crippen molar-refractivity contribution in [3.63, 3.8) is 0 Å². The van der Waals surface area contributed by atoms with Crippen molar-refractivity contribution in [1.29, 1.82) is 0 Å². The van der Waals surface area contributed by atoms with Crippen LogP contribution < -0.4 is 16.0 Å². The first-order valence-corrected chi connectivity index (χ1v) is 8.40. The van der Waals surface area contributed by atoms with Gasteiger partial charge in [0, 0.05) is 39.0 Å². The van der Waals surface area contributed by atoms with Gasteiger partial charge in [-0.1, -0.05) is 0 Å². The number of methoxy groups -OCH3 is 1. The summed E-state index contributed by atoms with van der Waals surface area (Å²) in [5.74, 6) is 0.0145. The van der Waals surface area contributed by atoms with Crippen LogP contribution >= 0.6 is 0 Å². The van der Waals surface area contributed by atoms with E-state index in [-0.39, 0.29) is 17.9 Å². The second-order valence-electron chi connectivity index (χ2n) is 6.00. The Kier molecular flexibility index (Phi) is 7.46. The Labute approximate surface area is 146 Å². The van der Waals surface area contributed by atoms with E-state index in [1.165, 1.54) is 24.3 Å². The molecule has 1 aromatic rings. The number of rotatable bonds is 6. The third kappa shape index (κ3) is 6.58. The molecule has 0 atom stereocenters. The van der Waals surface area contributed by atoms with Crippen molar-refractivity contribution in [2.45, 2.75) is 12.8 Å². The number of likely N-dealkylation sites (tertiary alicyclic amines) is 1. The van der Waals surface area contributed by atoms with Crippen molar-refractivity contribution in [2.75, 3.05) is 45.2 Å². The third-order valence-electron chi connectivity index (χ3n) is 4.14. The molecule has 0 spiro atoms. The average Bonchev–Trinajstić information content (AvgIpc) is 2.62. The van der Waals surface area contributed by atoms with Gasteiger partial charge < -0.3 is 25.6 Å². The molecule has 4 amide bonds. The van der Waals surface area contributed by atoms with E-state index in [4.69, 9.17) is 4.74 Å². The summed E-state index contributed by atoms with van der Waals surface area (Å²) in [5.41, 5.74) is 0.572. The first-order chi connectivity index (χ1) is 12.1. The lowest BCUT2D eigenvalue weighted by molar-refractivity contribution is 0.179. The fraction of sp³-hybridized carbons (Fsp3) is 0.529. The molecule has 1 heterocycles. The second-order valence-corrected chi connectivity index (χ2v) is 6.00. The molecule has 1 aromatic carbocycles. The van der Waals surface area contributed by atoms with Crippen molar-refractivity contribution in [3.05, 3.63) is 30.1 Å². The minimum Gasteiger partial charge on any atom is -0.383 e. The molecule has 1 aliphatic rings. The lowest BCUT2D eigenvalue weighted by Gasteiger charge is -2.32. The molecule has 0 bridgehead atoms. The molecular weight excluding hydrogens is 327 g/mol. The zero-order chi connectivity index (χ0) is 18.1. The average molecular weight is 352 g/mol. The van der Waals surface area contributed by atoms with Crippen LogP contribution in [-0.4, -0.2) is 56.9 Å². The monoisotopic (exact) mass is 352 g/mol. The van der Waals surface area contributed by atoms with E-state index in [9.17, 15) is 14.0 Å². The molecule has 0 aliphatic carbocycles. The zero-order valence-electron chi connectivity index (χ0n) is 14.4. The highest BCUT2D eigenvalue weighted by Gasteiger charge is 2.23. The quantitative estimate of drug-likeness (QED) is 0.685. The number of carbonyl (C=O) groups excluding carboxylic acids is 2. The molecule has 1 fully saturated rings. The Bertz CT molecular complexity index is 560. The van der Waals surface area contributed by atoms with Gasteiger partial charge in [-0.3, -0.25) is 0 Å². The Hall–Kier alpha value is -2.35. The molecule has 3 N–H and O–H groups in total. The van der Waals surface area contributed by atoms with Crippen LogP contribution in [0.2, 0.25) is 0 Å². The van der Waals surface area contributed by atoms with Crippen molar-refractivity contribution in [3.8, 4) is 0 Å². The van der Waals surface area contributed by atoms with Crippen molar-refractivity contribution >= 4 is 17.7 Å². The molecule has 2 rings (SSSR count). The standard InChI is InChI=1S/C17H25FN4O3/c1-25-11-8-19-16(23)20-12-13-6-9-22(10-7-13)17(24)21-15-4-2-14(18)3-5-15/h2-5,13H,6-12H2,1H3,(H,21,24)(H2,19,20,23). The van der Waals surface area contributed by atoms with E-state index in [1.54, 1.807) is 12.0 Å². The molecule has 0 unspecified atom stereocenters. The first-order valence-electron chi connectivity index (χ1n) is 8.40. The summed E-state index contributed by atoms with van der Waals surface area (Å²) in [5, 5.41) is 8.31. The molecule has 138 valence electrons. The van der Waals surface area contributed by atoms with Gasteiger partial charge in [-0.2, -0.15) is 0 Å². The lowest BCUT2D eigenvalue weighted by Crippen LogP contribution is -2.45. The number of carbonyl (C=O) groups is 2. The van der Waals surface area contributed by atoms with E-state index in [1.807, 2.05) is 0 Å². The summed E-state index contributed by atoms with van der Waals surface area (Å²) in [6.07, 6.45) is 1.66. The molecule has 1 aliphatic heterocycles. The molecular formula is C17H25FN4O3. The minimum atomic E-state index is -0.336. The van der Waals surface area contributed by atoms with Gasteiger partial charge in [0.05, 0.1) is 6.61 Å². The fourth-order valence-corrected chi connectivity index (χ4v) is 2.64. The number of anilines is 1. The van der Waals surface area contributed by atoms with Crippen LogP contribution in [-0.2, 0) is 4.74 Å². The highest BCUT2D eigenvalue weighted by molar-refractivity contribution is 5.89. The van der Waals surface area contributed by atoms with Gasteiger partial charge in [-0.15, -0.1) is 0 Å². The molecule has 0 aromatic heterocycles. The van der Waals surface area contributed by atoms with Gasteiger partial charge in [0.25, 0.3) is 0 Å². The summed E-state index contributed by atoms with van der Waals surface area (Å²) in [7, 11) is 1.58. The normalized spacial score (nSPS) is 14.9. The summed E-state index contributed by atoms with van der Waals surface area (Å²) >= 11 is 0. The number of ether oxygens (including phenoxy) is 1. The summed E-state index contributed by atoms with van der Waals surface area (Å²) in [6, 6.07) is 5.30. The highest BCUT2D eigenvalue weighted by Crippen LogP contribution is 2.18. The fourth-order valence-electron chi connectivity index (χ4n) is 2.64. The SMILES string of the molecule is COCCNC(=O)NCC1CCN(C(=O)Nc2ccc(F)cc2)CC1. The maximum Gasteiger partial charge on any atom is 0.321 e. The van der Waals surface area contributed by atoms with Crippen LogP contribution in [0.4, 0.5) is 19.7 Å². The minimum absolute atomic E-state index is 0.185. The van der Waals surface area contributed by atoms with Crippen molar-refractivity contribution in [1.82, 2.24) is 15.5 Å². The molecule has 1 saturated heterocycles. The number of urea groups is 2. The summed E-state index contributed by atoms with van der Waals surface area (Å²) < 4.78 is 17.7. The van der Waals surface area contributed by atoms with Crippen LogP contribution in [0.5, 0.6) is 0 Å². The number of benzene rings is 1. The zero-order valence-corrected chi connectivity index (χ0v) is 14.4. The Balaban J connectivity index is 1.66. The molecule has 8 heteroatoms. The topological polar surface area (TPSA) is 82.7 Å². The smallest absolute Gasteiger partial charge is 0.321 e. The summed E-state index contributed by atoms with van der Waals surface area (Å²) in [4.78, 5) is 25.5. The second kappa shape index (κ2) is 9.83. The van der Waals surface area contributed by atoms with Gasteiger partial charge in [0.2, 0.25) is 0 Å². The van der Waals surface area contributed by atoms with Gasteiger partial charge in [-0.25, -0.2) is 14.0 Å². The predicted octanol–water partition coefficient (Wildman–Crippen LogP) is 2.02. The summed E-state index contributed by atoms with van der Waals surface area (Å²) in [6.45, 7) is 2.81. The molecule has 0 radical (unpaired) electrons.